The van der Waals surface area contributed by atoms with E-state index in [0.29, 0.717) is 54.7 Å². The van der Waals surface area contributed by atoms with Gasteiger partial charge in [-0.05, 0) is 100 Å². The molecule has 0 fully saturated rings. The molecule has 12 nitrogen and oxygen atoms in total. The number of urea groups is 1. The molecule has 2 aliphatic heterocycles. The SMILES string of the molecule is COc1ccc(NC(=O)Nc2ccc3c(c2)C(=O)N([C@H](C)CO)C[C@H](C)[C@H](CN(C)Cc2ccc4c(c2)OCO4)OCCCC[C@H](C)O3)cc1. The molecular formula is C38H50N4O8. The predicted octanol–water partition coefficient (Wildman–Crippen LogP) is 6.00. The third kappa shape index (κ3) is 9.80. The minimum Gasteiger partial charge on any atom is -0.497 e. The van der Waals surface area contributed by atoms with Crippen LogP contribution >= 0.6 is 0 Å². The maximum Gasteiger partial charge on any atom is 0.323 e. The zero-order valence-corrected chi connectivity index (χ0v) is 29.6. The number of carbonyl (C=O) groups excluding carboxylic acids is 2. The van der Waals surface area contributed by atoms with Gasteiger partial charge in [0.15, 0.2) is 11.5 Å². The summed E-state index contributed by atoms with van der Waals surface area (Å²) in [6.45, 7) is 8.15. The number of nitrogens with zero attached hydrogens (tertiary/aromatic N) is 2. The van der Waals surface area contributed by atoms with E-state index in [4.69, 9.17) is 23.7 Å². The summed E-state index contributed by atoms with van der Waals surface area (Å²) in [5, 5.41) is 15.9. The summed E-state index contributed by atoms with van der Waals surface area (Å²) < 4.78 is 29.1. The minimum atomic E-state index is -0.481. The first-order valence-electron chi connectivity index (χ1n) is 17.3. The average Bonchev–Trinajstić information content (AvgIpc) is 3.58. The van der Waals surface area contributed by atoms with Gasteiger partial charge in [0.2, 0.25) is 6.79 Å². The molecule has 270 valence electrons. The van der Waals surface area contributed by atoms with Crippen molar-refractivity contribution in [3.05, 3.63) is 71.8 Å². The first kappa shape index (κ1) is 36.8. The van der Waals surface area contributed by atoms with Gasteiger partial charge >= 0.3 is 6.03 Å². The summed E-state index contributed by atoms with van der Waals surface area (Å²) in [6.07, 6.45) is 2.21. The normalized spacial score (nSPS) is 20.3. The van der Waals surface area contributed by atoms with Gasteiger partial charge in [0.25, 0.3) is 5.91 Å². The van der Waals surface area contributed by atoms with Crippen LogP contribution in [0.5, 0.6) is 23.0 Å². The van der Waals surface area contributed by atoms with Crippen LogP contribution in [0.25, 0.3) is 0 Å². The topological polar surface area (TPSA) is 131 Å². The number of carbonyl (C=O) groups is 2. The molecule has 0 spiro atoms. The van der Waals surface area contributed by atoms with Crippen molar-refractivity contribution < 1.29 is 38.4 Å². The maximum absolute atomic E-state index is 14.4. The number of anilines is 2. The van der Waals surface area contributed by atoms with Crippen LogP contribution in [0.2, 0.25) is 0 Å². The summed E-state index contributed by atoms with van der Waals surface area (Å²) in [5.41, 5.74) is 2.42. The van der Waals surface area contributed by atoms with Crippen LogP contribution in [0.15, 0.2) is 60.7 Å². The number of fused-ring (bicyclic) bond motifs is 2. The molecule has 50 heavy (non-hydrogen) atoms. The molecular weight excluding hydrogens is 640 g/mol. The third-order valence-corrected chi connectivity index (χ3v) is 9.04. The molecule has 3 aromatic rings. The highest BCUT2D eigenvalue weighted by Crippen LogP contribution is 2.33. The molecule has 0 saturated heterocycles. The van der Waals surface area contributed by atoms with E-state index in [1.807, 2.05) is 32.0 Å². The van der Waals surface area contributed by atoms with Gasteiger partial charge in [0.1, 0.15) is 11.5 Å². The Bertz CT molecular complexity index is 1590. The fourth-order valence-electron chi connectivity index (χ4n) is 6.15. The average molecular weight is 691 g/mol. The van der Waals surface area contributed by atoms with Gasteiger partial charge in [-0.1, -0.05) is 13.0 Å². The first-order chi connectivity index (χ1) is 24.1. The standard InChI is InChI=1S/C38H50N4O8/c1-25-20-42(26(2)23-43)37(44)32-19-30(40-38(45)39-29-10-13-31(46-5)14-11-29)12-16-33(32)50-27(3)8-6-7-17-47-36(25)22-41(4)21-28-9-15-34-35(18-28)49-24-48-34/h9-16,18-19,25-27,36,43H,6-8,17,20-24H2,1-5H3,(H2,39,40,45)/t25-,26+,27-,36-/m0/s1. The Hall–Kier alpha value is -4.52. The smallest absolute Gasteiger partial charge is 0.323 e. The quantitative estimate of drug-likeness (QED) is 0.248. The van der Waals surface area contributed by atoms with Gasteiger partial charge in [-0.15, -0.1) is 0 Å². The molecule has 3 aromatic carbocycles. The summed E-state index contributed by atoms with van der Waals surface area (Å²) in [5.74, 6) is 2.24. The molecule has 5 rings (SSSR count). The highest BCUT2D eigenvalue weighted by atomic mass is 16.7. The minimum absolute atomic E-state index is 0.0741. The van der Waals surface area contributed by atoms with Crippen LogP contribution in [0.3, 0.4) is 0 Å². The molecule has 3 N–H and O–H groups in total. The number of likely N-dealkylation sites (N-methyl/N-ethyl adjacent to an activating group) is 1. The molecule has 4 atom stereocenters. The van der Waals surface area contributed by atoms with Gasteiger partial charge in [-0.3, -0.25) is 9.69 Å². The van der Waals surface area contributed by atoms with Crippen LogP contribution in [0.4, 0.5) is 16.2 Å². The fourth-order valence-corrected chi connectivity index (χ4v) is 6.15. The number of ether oxygens (including phenoxy) is 5. The summed E-state index contributed by atoms with van der Waals surface area (Å²) >= 11 is 0. The number of amides is 3. The monoisotopic (exact) mass is 690 g/mol. The number of hydrogen-bond acceptors (Lipinski definition) is 9. The van der Waals surface area contributed by atoms with E-state index in [0.717, 1.165) is 36.3 Å². The summed E-state index contributed by atoms with van der Waals surface area (Å²) in [7, 11) is 3.63. The molecule has 12 heteroatoms. The van der Waals surface area contributed by atoms with Crippen molar-refractivity contribution in [2.24, 2.45) is 5.92 Å². The van der Waals surface area contributed by atoms with Crippen LogP contribution in [0.1, 0.15) is 56.0 Å². The van der Waals surface area contributed by atoms with Gasteiger partial charge in [0.05, 0.1) is 37.5 Å². The lowest BCUT2D eigenvalue weighted by atomic mass is 10.0. The number of aliphatic hydroxyl groups is 1. The lowest BCUT2D eigenvalue weighted by Gasteiger charge is -2.36. The highest BCUT2D eigenvalue weighted by Gasteiger charge is 2.30. The zero-order chi connectivity index (χ0) is 35.6. The fraction of sp³-hybridized carbons (Fsp3) is 0.474. The second-order valence-corrected chi connectivity index (χ2v) is 13.2. The molecule has 0 aliphatic carbocycles. The molecule has 3 amide bonds. The number of rotatable bonds is 9. The van der Waals surface area contributed by atoms with Gasteiger partial charge in [0, 0.05) is 43.5 Å². The van der Waals surface area contributed by atoms with E-state index in [9.17, 15) is 14.7 Å². The number of aliphatic hydroxyl groups excluding tert-OH is 1. The lowest BCUT2D eigenvalue weighted by molar-refractivity contribution is -0.0177. The number of benzene rings is 3. The van der Waals surface area contributed by atoms with Crippen molar-refractivity contribution in [2.45, 2.75) is 64.8 Å². The van der Waals surface area contributed by atoms with Crippen molar-refractivity contribution in [3.8, 4) is 23.0 Å². The van der Waals surface area contributed by atoms with Crippen molar-refractivity contribution in [3.63, 3.8) is 0 Å². The summed E-state index contributed by atoms with van der Waals surface area (Å²) in [6, 6.07) is 17.1. The van der Waals surface area contributed by atoms with Crippen LogP contribution in [0, 0.1) is 5.92 Å². The van der Waals surface area contributed by atoms with E-state index in [-0.39, 0.29) is 37.4 Å². The van der Waals surface area contributed by atoms with Crippen molar-refractivity contribution in [2.75, 3.05) is 57.9 Å². The summed E-state index contributed by atoms with van der Waals surface area (Å²) in [4.78, 5) is 31.2. The molecule has 0 radical (unpaired) electrons. The van der Waals surface area contributed by atoms with E-state index in [1.54, 1.807) is 54.5 Å². The van der Waals surface area contributed by atoms with Crippen molar-refractivity contribution in [1.29, 1.82) is 0 Å². The Balaban J connectivity index is 1.35. The molecule has 0 saturated carbocycles. The van der Waals surface area contributed by atoms with Crippen LogP contribution in [-0.4, -0.2) is 92.3 Å². The molecule has 2 heterocycles. The zero-order valence-electron chi connectivity index (χ0n) is 29.6. The molecule has 2 aliphatic rings. The van der Waals surface area contributed by atoms with Crippen LogP contribution < -0.4 is 29.6 Å². The van der Waals surface area contributed by atoms with E-state index >= 15 is 0 Å². The van der Waals surface area contributed by atoms with Crippen molar-refractivity contribution in [1.82, 2.24) is 9.80 Å². The van der Waals surface area contributed by atoms with Gasteiger partial charge in [-0.25, -0.2) is 4.79 Å². The highest BCUT2D eigenvalue weighted by molar-refractivity contribution is 6.02. The Morgan fingerprint density at radius 1 is 1.00 bits per heavy atom. The number of methoxy groups -OCH3 is 1. The Morgan fingerprint density at radius 2 is 1.72 bits per heavy atom. The Morgan fingerprint density at radius 3 is 2.48 bits per heavy atom. The maximum atomic E-state index is 14.4. The Labute approximate surface area is 294 Å². The lowest BCUT2D eigenvalue weighted by Crippen LogP contribution is -2.47. The molecule has 0 bridgehead atoms. The third-order valence-electron chi connectivity index (χ3n) is 9.04. The van der Waals surface area contributed by atoms with Crippen LogP contribution in [-0.2, 0) is 11.3 Å². The number of nitrogens with one attached hydrogen (secondary N) is 2. The second-order valence-electron chi connectivity index (χ2n) is 13.2. The molecule has 0 unspecified atom stereocenters. The second kappa shape index (κ2) is 17.4. The van der Waals surface area contributed by atoms with Gasteiger partial charge < -0.3 is 44.3 Å². The van der Waals surface area contributed by atoms with E-state index < -0.39 is 12.1 Å². The van der Waals surface area contributed by atoms with E-state index in [2.05, 4.69) is 29.5 Å². The van der Waals surface area contributed by atoms with Crippen molar-refractivity contribution >= 4 is 23.3 Å². The largest absolute Gasteiger partial charge is 0.497 e. The predicted molar refractivity (Wildman–Crippen MR) is 191 cm³/mol. The Kier molecular flexibility index (Phi) is 12.8. The van der Waals surface area contributed by atoms with E-state index in [1.165, 1.54) is 0 Å². The molecule has 0 aromatic heterocycles. The number of hydrogen-bond donors (Lipinski definition) is 3. The van der Waals surface area contributed by atoms with Gasteiger partial charge in [-0.2, -0.15) is 0 Å². The first-order valence-corrected chi connectivity index (χ1v) is 17.3.